The van der Waals surface area contributed by atoms with Crippen LogP contribution in [0.4, 0.5) is 0 Å². The van der Waals surface area contributed by atoms with Gasteiger partial charge in [-0.1, -0.05) is 57.0 Å². The van der Waals surface area contributed by atoms with Crippen LogP contribution in [0.1, 0.15) is 62.9 Å². The van der Waals surface area contributed by atoms with Gasteiger partial charge in [-0.05, 0) is 61.6 Å². The number of ether oxygens (including phenoxy) is 2. The van der Waals surface area contributed by atoms with E-state index in [1.54, 1.807) is 49.8 Å². The van der Waals surface area contributed by atoms with Gasteiger partial charge in [0.2, 0.25) is 0 Å². The smallest absolute Gasteiger partial charge is 0.269 e. The number of nitrogens with zero attached hydrogens (tertiary/aromatic N) is 5. The molecule has 0 radical (unpaired) electrons. The Morgan fingerprint density at radius 3 is 2.39 bits per heavy atom. The number of aryl methyl sites for hydroxylation is 1. The summed E-state index contributed by atoms with van der Waals surface area (Å²) in [5.74, 6) is 2.16. The number of methoxy groups -OCH3 is 1. The van der Waals surface area contributed by atoms with Crippen LogP contribution in [0.2, 0.25) is 0 Å². The predicted octanol–water partition coefficient (Wildman–Crippen LogP) is 6.15. The molecule has 0 spiro atoms. The van der Waals surface area contributed by atoms with E-state index in [-0.39, 0.29) is 16.9 Å². The molecule has 5 aromatic rings. The van der Waals surface area contributed by atoms with Gasteiger partial charge in [0.15, 0.2) is 11.3 Å². The highest BCUT2D eigenvalue weighted by atomic mass is 32.2. The molecule has 1 aliphatic carbocycles. The molecule has 0 N–H and O–H groups in total. The van der Waals surface area contributed by atoms with Crippen molar-refractivity contribution in [2.24, 2.45) is 5.92 Å². The molecular formula is C31H37N5O4S. The maximum absolute atomic E-state index is 13.5. The first kappa shape index (κ1) is 28.8. The van der Waals surface area contributed by atoms with Crippen molar-refractivity contribution >= 4 is 26.8 Å². The molecule has 3 aromatic heterocycles. The Bertz CT molecular complexity index is 1730. The highest BCUT2D eigenvalue weighted by Crippen LogP contribution is 2.43. The molecule has 216 valence electrons. The average Bonchev–Trinajstić information content (AvgIpc) is 3.73. The second kappa shape index (κ2) is 12.0. The second-order valence-corrected chi connectivity index (χ2v) is 12.0. The molecule has 41 heavy (non-hydrogen) atoms. The lowest BCUT2D eigenvalue weighted by Crippen LogP contribution is -2.13. The topological polar surface area (TPSA) is 101 Å². The fourth-order valence-electron chi connectivity index (χ4n) is 5.62. The minimum atomic E-state index is -3.81. The van der Waals surface area contributed by atoms with Crippen molar-refractivity contribution in [2.75, 3.05) is 7.11 Å². The Labute approximate surface area is 241 Å². The second-order valence-electron chi connectivity index (χ2n) is 10.2. The van der Waals surface area contributed by atoms with Gasteiger partial charge in [-0.2, -0.15) is 0 Å². The van der Waals surface area contributed by atoms with Gasteiger partial charge in [0.05, 0.1) is 36.4 Å². The van der Waals surface area contributed by atoms with Crippen LogP contribution < -0.4 is 4.74 Å². The Balaban J connectivity index is 0.00000165. The molecule has 6 rings (SSSR count). The fraction of sp³-hybridized carbons (Fsp3) is 0.387. The summed E-state index contributed by atoms with van der Waals surface area (Å²) in [7, 11) is -2.16. The van der Waals surface area contributed by atoms with E-state index in [1.807, 2.05) is 49.4 Å². The van der Waals surface area contributed by atoms with Crippen molar-refractivity contribution in [2.45, 2.75) is 70.5 Å². The molecule has 10 heteroatoms. The number of aromatic nitrogens is 5. The van der Waals surface area contributed by atoms with E-state index in [0.717, 1.165) is 42.0 Å². The van der Waals surface area contributed by atoms with Gasteiger partial charge < -0.3 is 9.47 Å². The molecule has 1 aliphatic rings. The zero-order chi connectivity index (χ0) is 29.1. The number of rotatable bonds is 8. The minimum absolute atomic E-state index is 0.0956. The summed E-state index contributed by atoms with van der Waals surface area (Å²) in [5.41, 5.74) is 3.71. The highest BCUT2D eigenvalue weighted by Gasteiger charge is 2.38. The van der Waals surface area contributed by atoms with Gasteiger partial charge in [-0.15, -0.1) is 10.2 Å². The van der Waals surface area contributed by atoms with Crippen molar-refractivity contribution in [3.05, 3.63) is 83.9 Å². The summed E-state index contributed by atoms with van der Waals surface area (Å²) < 4.78 is 41.7. The summed E-state index contributed by atoms with van der Waals surface area (Å²) in [6.45, 7) is 8.65. The standard InChI is InChI=1S/C29H31N5O4S.C2H6/c1-4-21-15-23(38-18-20-7-9-22(37-3)10-8-20)16-25(21)28-32-31-27-17-30-29-26(34(27)28)13-14-33(29)39(35,36)24-11-5-19(2)6-12-24;1-2/h5-14,17,21,23,25H,4,15-16,18H2,1-3H3;1-2H3. The number of benzene rings is 2. The molecule has 0 saturated heterocycles. The van der Waals surface area contributed by atoms with E-state index in [4.69, 9.17) is 9.47 Å². The van der Waals surface area contributed by atoms with Crippen LogP contribution in [0.15, 0.2) is 71.9 Å². The van der Waals surface area contributed by atoms with Crippen LogP contribution in [0, 0.1) is 12.8 Å². The maximum Gasteiger partial charge on any atom is 0.269 e. The first-order valence-corrected chi connectivity index (χ1v) is 15.6. The first-order chi connectivity index (χ1) is 19.9. The molecule has 3 heterocycles. The summed E-state index contributed by atoms with van der Waals surface area (Å²) >= 11 is 0. The van der Waals surface area contributed by atoms with Gasteiger partial charge in [0, 0.05) is 12.1 Å². The third-order valence-corrected chi connectivity index (χ3v) is 9.47. The van der Waals surface area contributed by atoms with Crippen LogP contribution >= 0.6 is 0 Å². The van der Waals surface area contributed by atoms with E-state index >= 15 is 0 Å². The van der Waals surface area contributed by atoms with Gasteiger partial charge in [0.25, 0.3) is 10.0 Å². The zero-order valence-corrected chi connectivity index (χ0v) is 25.0. The largest absolute Gasteiger partial charge is 0.497 e. The molecule has 2 aromatic carbocycles. The minimum Gasteiger partial charge on any atom is -0.497 e. The van der Waals surface area contributed by atoms with E-state index in [0.29, 0.717) is 29.3 Å². The third kappa shape index (κ3) is 5.46. The molecule has 0 amide bonds. The summed E-state index contributed by atoms with van der Waals surface area (Å²) in [4.78, 5) is 4.69. The molecule has 3 unspecified atom stereocenters. The van der Waals surface area contributed by atoms with Crippen LogP contribution in [0.5, 0.6) is 5.75 Å². The quantitative estimate of drug-likeness (QED) is 0.219. The lowest BCUT2D eigenvalue weighted by molar-refractivity contribution is 0.0422. The van der Waals surface area contributed by atoms with Crippen LogP contribution in [-0.2, 0) is 21.4 Å². The Morgan fingerprint density at radius 1 is 0.976 bits per heavy atom. The molecule has 0 aliphatic heterocycles. The molecule has 0 bridgehead atoms. The summed E-state index contributed by atoms with van der Waals surface area (Å²) in [6.07, 6.45) is 5.98. The Morgan fingerprint density at radius 2 is 1.71 bits per heavy atom. The van der Waals surface area contributed by atoms with Crippen LogP contribution in [-0.4, -0.2) is 45.2 Å². The Kier molecular flexibility index (Phi) is 8.42. The van der Waals surface area contributed by atoms with Crippen LogP contribution in [0.3, 0.4) is 0 Å². The van der Waals surface area contributed by atoms with E-state index in [2.05, 4.69) is 22.1 Å². The molecule has 3 atom stereocenters. The lowest BCUT2D eigenvalue weighted by atomic mass is 9.93. The zero-order valence-electron chi connectivity index (χ0n) is 24.2. The van der Waals surface area contributed by atoms with Gasteiger partial charge in [-0.25, -0.2) is 17.4 Å². The monoisotopic (exact) mass is 575 g/mol. The van der Waals surface area contributed by atoms with E-state index in [1.165, 1.54) is 3.97 Å². The van der Waals surface area contributed by atoms with E-state index < -0.39 is 10.0 Å². The average molecular weight is 576 g/mol. The van der Waals surface area contributed by atoms with Crippen LogP contribution in [0.25, 0.3) is 16.8 Å². The molecule has 9 nitrogen and oxygen atoms in total. The van der Waals surface area contributed by atoms with Gasteiger partial charge in [-0.3, -0.25) is 4.40 Å². The van der Waals surface area contributed by atoms with Gasteiger partial charge in [0.1, 0.15) is 11.6 Å². The normalized spacial score (nSPS) is 18.9. The van der Waals surface area contributed by atoms with Crippen molar-refractivity contribution < 1.29 is 17.9 Å². The van der Waals surface area contributed by atoms with Gasteiger partial charge >= 0.3 is 0 Å². The third-order valence-electron chi connectivity index (χ3n) is 7.79. The predicted molar refractivity (Wildman–Crippen MR) is 159 cm³/mol. The number of hydrogen-bond donors (Lipinski definition) is 0. The number of fused-ring (bicyclic) bond motifs is 3. The summed E-state index contributed by atoms with van der Waals surface area (Å²) in [5, 5.41) is 8.98. The van der Waals surface area contributed by atoms with Crippen molar-refractivity contribution in [3.63, 3.8) is 0 Å². The van der Waals surface area contributed by atoms with Crippen molar-refractivity contribution in [1.29, 1.82) is 0 Å². The van der Waals surface area contributed by atoms with E-state index in [9.17, 15) is 8.42 Å². The fourth-order valence-corrected chi connectivity index (χ4v) is 6.92. The van der Waals surface area contributed by atoms with Crippen molar-refractivity contribution in [1.82, 2.24) is 23.6 Å². The molecular weight excluding hydrogens is 538 g/mol. The SMILES string of the molecule is CC.CCC1CC(OCc2ccc(OC)cc2)CC1c1nnc2cnc3c(ccn3S(=O)(=O)c3ccc(C)cc3)n12. The lowest BCUT2D eigenvalue weighted by Gasteiger charge is -2.16. The number of hydrogen-bond acceptors (Lipinski definition) is 7. The highest BCUT2D eigenvalue weighted by molar-refractivity contribution is 7.90. The maximum atomic E-state index is 13.5. The Hall–Kier alpha value is -3.76. The first-order valence-electron chi connectivity index (χ1n) is 14.2. The summed E-state index contributed by atoms with van der Waals surface area (Å²) in [6, 6.07) is 16.5. The molecule has 1 fully saturated rings. The van der Waals surface area contributed by atoms with Crippen molar-refractivity contribution in [3.8, 4) is 5.75 Å². The molecule has 1 saturated carbocycles.